The van der Waals surface area contributed by atoms with E-state index < -0.39 is 0 Å². The molecule has 0 aromatic carbocycles. The third-order valence-electron chi connectivity index (χ3n) is 4.41. The highest BCUT2D eigenvalue weighted by Gasteiger charge is 2.26. The summed E-state index contributed by atoms with van der Waals surface area (Å²) in [6, 6.07) is 0. The summed E-state index contributed by atoms with van der Waals surface area (Å²) < 4.78 is 4.94. The first kappa shape index (κ1) is 16.0. The van der Waals surface area contributed by atoms with E-state index in [0.29, 0.717) is 32.1 Å². The van der Waals surface area contributed by atoms with Gasteiger partial charge in [0.1, 0.15) is 12.2 Å². The summed E-state index contributed by atoms with van der Waals surface area (Å²) in [6.07, 6.45) is 3.27. The zero-order valence-corrected chi connectivity index (χ0v) is 13.6. The van der Waals surface area contributed by atoms with Gasteiger partial charge < -0.3 is 14.6 Å². The van der Waals surface area contributed by atoms with Crippen molar-refractivity contribution in [1.29, 1.82) is 0 Å². The predicted octanol–water partition coefficient (Wildman–Crippen LogP) is 0.496. The van der Waals surface area contributed by atoms with Crippen LogP contribution < -0.4 is 0 Å². The third-order valence-corrected chi connectivity index (χ3v) is 4.41. The van der Waals surface area contributed by atoms with Crippen molar-refractivity contribution in [3.63, 3.8) is 0 Å². The molecule has 1 N–H and O–H groups in total. The van der Waals surface area contributed by atoms with Crippen LogP contribution in [0.25, 0.3) is 0 Å². The molecule has 7 nitrogen and oxygen atoms in total. The highest BCUT2D eigenvalue weighted by molar-refractivity contribution is 5.78. The molecule has 0 atom stereocenters. The summed E-state index contributed by atoms with van der Waals surface area (Å²) in [5.41, 5.74) is 1.92. The second-order valence-corrected chi connectivity index (χ2v) is 6.14. The van der Waals surface area contributed by atoms with E-state index in [0.717, 1.165) is 30.9 Å². The van der Waals surface area contributed by atoms with Gasteiger partial charge in [0, 0.05) is 13.0 Å². The van der Waals surface area contributed by atoms with Gasteiger partial charge in [-0.1, -0.05) is 0 Å². The summed E-state index contributed by atoms with van der Waals surface area (Å²) in [5, 5.41) is 0. The molecule has 3 rings (SSSR count). The van der Waals surface area contributed by atoms with Crippen LogP contribution in [0.2, 0.25) is 0 Å². The number of amides is 1. The summed E-state index contributed by atoms with van der Waals surface area (Å²) in [4.78, 5) is 35.7. The molecule has 3 heterocycles. The lowest BCUT2D eigenvalue weighted by Crippen LogP contribution is -2.42. The van der Waals surface area contributed by atoms with E-state index in [4.69, 9.17) is 4.74 Å². The van der Waals surface area contributed by atoms with Crippen molar-refractivity contribution in [3.05, 3.63) is 17.2 Å². The number of aromatic amines is 1. The number of hydrogen-bond donors (Lipinski definition) is 1. The summed E-state index contributed by atoms with van der Waals surface area (Å²) in [6.45, 7) is 5.98. The highest BCUT2D eigenvalue weighted by atomic mass is 16.5. The largest absolute Gasteiger partial charge is 0.466 e. The molecule has 0 saturated carbocycles. The lowest BCUT2D eigenvalue weighted by atomic mass is 10.1. The topological polar surface area (TPSA) is 78.5 Å². The van der Waals surface area contributed by atoms with Crippen molar-refractivity contribution in [2.24, 2.45) is 0 Å². The minimum absolute atomic E-state index is 0.155. The molecule has 1 aromatic heterocycles. The first-order valence-electron chi connectivity index (χ1n) is 8.38. The van der Waals surface area contributed by atoms with Gasteiger partial charge >= 0.3 is 5.97 Å². The SMILES string of the molecule is CCOC(=O)Cc1nc2c([nH]1)CN(C(=O)CN1CCCC1)CC2. The van der Waals surface area contributed by atoms with Gasteiger partial charge in [-0.2, -0.15) is 0 Å². The molecule has 2 aliphatic rings. The first-order valence-corrected chi connectivity index (χ1v) is 8.38. The number of hydrogen-bond acceptors (Lipinski definition) is 5. The van der Waals surface area contributed by atoms with Gasteiger partial charge in [0.25, 0.3) is 0 Å². The van der Waals surface area contributed by atoms with Crippen LogP contribution in [0, 0.1) is 0 Å². The fraction of sp³-hybridized carbons (Fsp3) is 0.688. The minimum Gasteiger partial charge on any atom is -0.466 e. The maximum Gasteiger partial charge on any atom is 0.313 e. The predicted molar refractivity (Wildman–Crippen MR) is 83.7 cm³/mol. The van der Waals surface area contributed by atoms with Crippen LogP contribution in [0.3, 0.4) is 0 Å². The summed E-state index contributed by atoms with van der Waals surface area (Å²) >= 11 is 0. The second kappa shape index (κ2) is 7.12. The van der Waals surface area contributed by atoms with Gasteiger partial charge in [0.2, 0.25) is 5.91 Å². The Morgan fingerprint density at radius 1 is 1.26 bits per heavy atom. The van der Waals surface area contributed by atoms with Crippen LogP contribution in [-0.2, 0) is 33.7 Å². The Labute approximate surface area is 136 Å². The van der Waals surface area contributed by atoms with Crippen molar-refractivity contribution in [1.82, 2.24) is 19.8 Å². The van der Waals surface area contributed by atoms with E-state index in [1.165, 1.54) is 12.8 Å². The zero-order chi connectivity index (χ0) is 16.2. The molecule has 0 unspecified atom stereocenters. The van der Waals surface area contributed by atoms with Gasteiger partial charge in [-0.25, -0.2) is 4.98 Å². The number of H-pyrrole nitrogens is 1. The molecule has 2 aliphatic heterocycles. The average molecular weight is 320 g/mol. The fourth-order valence-electron chi connectivity index (χ4n) is 3.23. The second-order valence-electron chi connectivity index (χ2n) is 6.14. The maximum absolute atomic E-state index is 12.4. The average Bonchev–Trinajstić information content (AvgIpc) is 3.15. The molecule has 23 heavy (non-hydrogen) atoms. The van der Waals surface area contributed by atoms with Crippen LogP contribution >= 0.6 is 0 Å². The number of rotatable bonds is 5. The Kier molecular flexibility index (Phi) is 4.95. The Morgan fingerprint density at radius 2 is 2.04 bits per heavy atom. The van der Waals surface area contributed by atoms with Crippen molar-refractivity contribution in [2.75, 3.05) is 32.8 Å². The molecule has 0 radical (unpaired) electrons. The molecule has 1 aromatic rings. The number of nitrogens with zero attached hydrogens (tertiary/aromatic N) is 3. The van der Waals surface area contributed by atoms with Gasteiger partial charge in [0.15, 0.2) is 0 Å². The quantitative estimate of drug-likeness (QED) is 0.799. The van der Waals surface area contributed by atoms with Gasteiger partial charge in [0.05, 0.1) is 31.1 Å². The molecule has 0 bridgehead atoms. The molecular formula is C16H24N4O3. The van der Waals surface area contributed by atoms with Crippen LogP contribution in [0.4, 0.5) is 0 Å². The molecular weight excluding hydrogens is 296 g/mol. The van der Waals surface area contributed by atoms with Gasteiger partial charge in [-0.3, -0.25) is 14.5 Å². The maximum atomic E-state index is 12.4. The van der Waals surface area contributed by atoms with E-state index in [1.807, 2.05) is 4.90 Å². The Hall–Kier alpha value is -1.89. The molecule has 1 amide bonds. The smallest absolute Gasteiger partial charge is 0.313 e. The fourth-order valence-corrected chi connectivity index (χ4v) is 3.23. The first-order chi connectivity index (χ1) is 11.2. The molecule has 7 heteroatoms. The van der Waals surface area contributed by atoms with E-state index >= 15 is 0 Å². The van der Waals surface area contributed by atoms with Crippen LogP contribution in [-0.4, -0.2) is 64.4 Å². The van der Waals surface area contributed by atoms with Crippen molar-refractivity contribution in [2.45, 2.75) is 39.2 Å². The van der Waals surface area contributed by atoms with Crippen LogP contribution in [0.15, 0.2) is 0 Å². The number of nitrogens with one attached hydrogen (secondary N) is 1. The van der Waals surface area contributed by atoms with Crippen molar-refractivity contribution in [3.8, 4) is 0 Å². The van der Waals surface area contributed by atoms with Gasteiger partial charge in [-0.15, -0.1) is 0 Å². The number of carbonyl (C=O) groups excluding carboxylic acids is 2. The number of fused-ring (bicyclic) bond motifs is 1. The van der Waals surface area contributed by atoms with Crippen LogP contribution in [0.5, 0.6) is 0 Å². The summed E-state index contributed by atoms with van der Waals surface area (Å²) in [7, 11) is 0. The zero-order valence-electron chi connectivity index (χ0n) is 13.6. The van der Waals surface area contributed by atoms with E-state index in [2.05, 4.69) is 14.9 Å². The highest BCUT2D eigenvalue weighted by Crippen LogP contribution is 2.18. The minimum atomic E-state index is -0.277. The molecule has 126 valence electrons. The third kappa shape index (κ3) is 3.90. The normalized spacial score (nSPS) is 18.0. The number of esters is 1. The van der Waals surface area contributed by atoms with Crippen molar-refractivity contribution < 1.29 is 14.3 Å². The molecule has 0 aliphatic carbocycles. The lowest BCUT2D eigenvalue weighted by molar-refractivity contribution is -0.142. The number of ether oxygens (including phenoxy) is 1. The van der Waals surface area contributed by atoms with E-state index in [9.17, 15) is 9.59 Å². The molecule has 0 spiro atoms. The number of imidazole rings is 1. The molecule has 1 saturated heterocycles. The van der Waals surface area contributed by atoms with E-state index in [-0.39, 0.29) is 18.3 Å². The molecule has 1 fully saturated rings. The lowest BCUT2D eigenvalue weighted by Gasteiger charge is -2.28. The Bertz CT molecular complexity index is 578. The summed E-state index contributed by atoms with van der Waals surface area (Å²) in [5.74, 6) is 0.530. The monoisotopic (exact) mass is 320 g/mol. The standard InChI is InChI=1S/C16H24N4O3/c1-2-23-16(22)9-14-17-12-5-8-20(10-13(12)18-14)15(21)11-19-6-3-4-7-19/h2-11H2,1H3,(H,17,18). The number of likely N-dealkylation sites (tertiary alicyclic amines) is 1. The Morgan fingerprint density at radius 3 is 2.78 bits per heavy atom. The van der Waals surface area contributed by atoms with Gasteiger partial charge in [-0.05, 0) is 32.9 Å². The van der Waals surface area contributed by atoms with Crippen LogP contribution in [0.1, 0.15) is 37.0 Å². The number of aromatic nitrogens is 2. The number of carbonyl (C=O) groups is 2. The Balaban J connectivity index is 1.58. The van der Waals surface area contributed by atoms with Crippen molar-refractivity contribution >= 4 is 11.9 Å². The van der Waals surface area contributed by atoms with E-state index in [1.54, 1.807) is 6.92 Å².